The fourth-order valence-electron chi connectivity index (χ4n) is 4.05. The molecule has 1 aliphatic carbocycles. The Morgan fingerprint density at radius 3 is 2.64 bits per heavy atom. The van der Waals surface area contributed by atoms with Crippen LogP contribution in [-0.4, -0.2) is 52.5 Å². The van der Waals surface area contributed by atoms with Gasteiger partial charge in [-0.15, -0.1) is 0 Å². The number of hydrogen-bond donors (Lipinski definition) is 1. The van der Waals surface area contributed by atoms with Crippen molar-refractivity contribution in [2.24, 2.45) is 0 Å². The van der Waals surface area contributed by atoms with E-state index in [4.69, 9.17) is 0 Å². The minimum Gasteiger partial charge on any atom is -0.333 e. The molecule has 0 radical (unpaired) electrons. The minimum atomic E-state index is -0.0186. The highest BCUT2D eigenvalue weighted by Gasteiger charge is 2.29. The Bertz CT molecular complexity index is 540. The molecule has 1 saturated heterocycles. The molecule has 0 unspecified atom stereocenters. The van der Waals surface area contributed by atoms with Gasteiger partial charge >= 0.3 is 6.03 Å². The highest BCUT2D eigenvalue weighted by atomic mass is 16.2. The van der Waals surface area contributed by atoms with Gasteiger partial charge in [-0.3, -0.25) is 9.88 Å². The molecule has 0 spiro atoms. The number of amides is 2. The van der Waals surface area contributed by atoms with Gasteiger partial charge in [0.15, 0.2) is 0 Å². The third-order valence-corrected chi connectivity index (χ3v) is 5.62. The van der Waals surface area contributed by atoms with Crippen LogP contribution in [0.1, 0.15) is 57.4 Å². The summed E-state index contributed by atoms with van der Waals surface area (Å²) in [7, 11) is 0. The van der Waals surface area contributed by atoms with E-state index in [-0.39, 0.29) is 11.6 Å². The fraction of sp³-hybridized carbons (Fsp3) is 0.700. The number of carbonyl (C=O) groups excluding carboxylic acids is 1. The summed E-state index contributed by atoms with van der Waals surface area (Å²) in [5.41, 5.74) is 1.22. The highest BCUT2D eigenvalue weighted by Crippen LogP contribution is 2.26. The zero-order chi connectivity index (χ0) is 17.5. The molecule has 5 heteroatoms. The van der Waals surface area contributed by atoms with E-state index in [1.165, 1.54) is 31.2 Å². The topological polar surface area (TPSA) is 48.5 Å². The molecule has 5 nitrogen and oxygen atoms in total. The van der Waals surface area contributed by atoms with Crippen molar-refractivity contribution in [2.75, 3.05) is 26.2 Å². The molecule has 2 fully saturated rings. The van der Waals surface area contributed by atoms with Gasteiger partial charge in [-0.1, -0.05) is 31.7 Å². The molecule has 3 rings (SSSR count). The van der Waals surface area contributed by atoms with Crippen molar-refractivity contribution in [3.05, 3.63) is 30.1 Å². The number of nitrogens with one attached hydrogen (secondary N) is 1. The molecule has 25 heavy (non-hydrogen) atoms. The lowest BCUT2D eigenvalue weighted by Gasteiger charge is -2.33. The zero-order valence-corrected chi connectivity index (χ0v) is 15.5. The molecule has 1 aromatic heterocycles. The third-order valence-electron chi connectivity index (χ3n) is 5.62. The van der Waals surface area contributed by atoms with Crippen LogP contribution in [0.25, 0.3) is 0 Å². The van der Waals surface area contributed by atoms with Crippen molar-refractivity contribution in [1.82, 2.24) is 20.1 Å². The highest BCUT2D eigenvalue weighted by molar-refractivity contribution is 5.75. The first-order chi connectivity index (χ1) is 12.1. The summed E-state index contributed by atoms with van der Waals surface area (Å²) in [4.78, 5) is 21.4. The molecule has 0 bridgehead atoms. The Morgan fingerprint density at radius 1 is 1.12 bits per heavy atom. The molecule has 1 N–H and O–H groups in total. The first kappa shape index (κ1) is 18.2. The average molecular weight is 345 g/mol. The van der Waals surface area contributed by atoms with E-state index >= 15 is 0 Å². The van der Waals surface area contributed by atoms with Crippen LogP contribution in [0.2, 0.25) is 0 Å². The molecule has 2 amide bonds. The summed E-state index contributed by atoms with van der Waals surface area (Å²) < 4.78 is 0. The first-order valence-corrected chi connectivity index (χ1v) is 9.83. The molecule has 1 aliphatic heterocycles. The lowest BCUT2D eigenvalue weighted by atomic mass is 9.93. The van der Waals surface area contributed by atoms with E-state index < -0.39 is 0 Å². The van der Waals surface area contributed by atoms with Crippen LogP contribution in [0.4, 0.5) is 4.79 Å². The summed E-state index contributed by atoms with van der Waals surface area (Å²) in [6.07, 6.45) is 12.1. The van der Waals surface area contributed by atoms with Crippen LogP contribution in [-0.2, 0) is 6.54 Å². The van der Waals surface area contributed by atoms with E-state index in [1.54, 1.807) is 0 Å². The van der Waals surface area contributed by atoms with Crippen molar-refractivity contribution in [3.8, 4) is 0 Å². The van der Waals surface area contributed by atoms with Gasteiger partial charge in [-0.05, 0) is 37.8 Å². The SMILES string of the molecule is CC1(NC(=O)N2CCCN(Cc3cccnc3)CC2)CCCCCC1. The number of hydrogen-bond acceptors (Lipinski definition) is 3. The number of carbonyl (C=O) groups is 1. The molecule has 0 atom stereocenters. The number of pyridine rings is 1. The molecule has 0 aromatic carbocycles. The fourth-order valence-corrected chi connectivity index (χ4v) is 4.05. The average Bonchev–Trinajstić information content (AvgIpc) is 2.96. The van der Waals surface area contributed by atoms with Gasteiger partial charge < -0.3 is 10.2 Å². The Morgan fingerprint density at radius 2 is 1.92 bits per heavy atom. The maximum atomic E-state index is 12.8. The summed E-state index contributed by atoms with van der Waals surface area (Å²) in [6.45, 7) is 6.77. The second kappa shape index (κ2) is 8.65. The second-order valence-electron chi connectivity index (χ2n) is 7.88. The van der Waals surface area contributed by atoms with Crippen molar-refractivity contribution < 1.29 is 4.79 Å². The smallest absolute Gasteiger partial charge is 0.317 e. The maximum Gasteiger partial charge on any atom is 0.317 e. The Labute approximate surface area is 151 Å². The Hall–Kier alpha value is -1.62. The van der Waals surface area contributed by atoms with Crippen molar-refractivity contribution in [1.29, 1.82) is 0 Å². The number of urea groups is 1. The van der Waals surface area contributed by atoms with Gasteiger partial charge in [0.2, 0.25) is 0 Å². The number of nitrogens with zero attached hydrogens (tertiary/aromatic N) is 3. The molecular formula is C20H32N4O. The number of rotatable bonds is 3. The van der Waals surface area contributed by atoms with Gasteiger partial charge in [0.05, 0.1) is 0 Å². The predicted octanol–water partition coefficient (Wildman–Crippen LogP) is 3.41. The third kappa shape index (κ3) is 5.43. The van der Waals surface area contributed by atoms with Crippen LogP contribution in [0, 0.1) is 0 Å². The van der Waals surface area contributed by atoms with E-state index in [9.17, 15) is 4.79 Å². The second-order valence-corrected chi connectivity index (χ2v) is 7.88. The summed E-state index contributed by atoms with van der Waals surface area (Å²) in [5.74, 6) is 0. The first-order valence-electron chi connectivity index (χ1n) is 9.83. The Kier molecular flexibility index (Phi) is 6.29. The van der Waals surface area contributed by atoms with E-state index in [0.29, 0.717) is 0 Å². The van der Waals surface area contributed by atoms with Crippen molar-refractivity contribution >= 4 is 6.03 Å². The van der Waals surface area contributed by atoms with Crippen LogP contribution in [0.3, 0.4) is 0 Å². The van der Waals surface area contributed by atoms with Gasteiger partial charge in [-0.2, -0.15) is 0 Å². The largest absolute Gasteiger partial charge is 0.333 e. The quantitative estimate of drug-likeness (QED) is 0.855. The van der Waals surface area contributed by atoms with Gasteiger partial charge in [-0.25, -0.2) is 4.79 Å². The zero-order valence-electron chi connectivity index (χ0n) is 15.5. The van der Waals surface area contributed by atoms with E-state index in [2.05, 4.69) is 28.2 Å². The maximum absolute atomic E-state index is 12.8. The monoisotopic (exact) mass is 344 g/mol. The van der Waals surface area contributed by atoms with Crippen LogP contribution >= 0.6 is 0 Å². The summed E-state index contributed by atoms with van der Waals surface area (Å²) >= 11 is 0. The molecule has 1 aromatic rings. The van der Waals surface area contributed by atoms with Gasteiger partial charge in [0.25, 0.3) is 0 Å². The van der Waals surface area contributed by atoms with Crippen LogP contribution < -0.4 is 5.32 Å². The van der Waals surface area contributed by atoms with E-state index in [1.807, 2.05) is 23.4 Å². The molecule has 1 saturated carbocycles. The molecule has 138 valence electrons. The van der Waals surface area contributed by atoms with Crippen molar-refractivity contribution in [3.63, 3.8) is 0 Å². The lowest BCUT2D eigenvalue weighted by Crippen LogP contribution is -2.52. The van der Waals surface area contributed by atoms with Gasteiger partial charge in [0, 0.05) is 50.7 Å². The minimum absolute atomic E-state index is 0.0186. The predicted molar refractivity (Wildman–Crippen MR) is 100 cm³/mol. The molecule has 2 aliphatic rings. The molecular weight excluding hydrogens is 312 g/mol. The normalized spacial score (nSPS) is 22.0. The van der Waals surface area contributed by atoms with E-state index in [0.717, 1.165) is 52.0 Å². The van der Waals surface area contributed by atoms with Crippen molar-refractivity contribution in [2.45, 2.75) is 64.0 Å². The van der Waals surface area contributed by atoms with Gasteiger partial charge in [0.1, 0.15) is 0 Å². The molecule has 2 heterocycles. The number of aromatic nitrogens is 1. The summed E-state index contributed by atoms with van der Waals surface area (Å²) in [5, 5.41) is 3.36. The Balaban J connectivity index is 1.51. The summed E-state index contributed by atoms with van der Waals surface area (Å²) in [6, 6.07) is 4.24. The van der Waals surface area contributed by atoms with Crippen LogP contribution in [0.5, 0.6) is 0 Å². The lowest BCUT2D eigenvalue weighted by molar-refractivity contribution is 0.181. The standard InChI is InChI=1S/C20H32N4O/c1-20(9-4-2-3-5-10-20)22-19(25)24-13-7-12-23(14-15-24)17-18-8-6-11-21-16-18/h6,8,11,16H,2-5,7,9-10,12-15,17H2,1H3,(H,22,25). The van der Waals surface area contributed by atoms with Crippen LogP contribution in [0.15, 0.2) is 24.5 Å².